The van der Waals surface area contributed by atoms with E-state index in [9.17, 15) is 4.39 Å². The molecule has 4 heteroatoms. The van der Waals surface area contributed by atoms with E-state index in [-0.39, 0.29) is 17.2 Å². The normalized spacial score (nSPS) is 11.9. The van der Waals surface area contributed by atoms with Gasteiger partial charge in [-0.05, 0) is 38.5 Å². The molecule has 1 rings (SSSR count). The quantitative estimate of drug-likeness (QED) is 0.824. The summed E-state index contributed by atoms with van der Waals surface area (Å²) in [6.45, 7) is 5.45. The van der Waals surface area contributed by atoms with E-state index in [1.54, 1.807) is 13.0 Å². The second-order valence-corrected chi connectivity index (χ2v) is 6.21. The molecule has 0 unspecified atom stereocenters. The van der Waals surface area contributed by atoms with E-state index in [2.05, 4.69) is 0 Å². The Morgan fingerprint density at radius 3 is 2.60 bits per heavy atom. The first kappa shape index (κ1) is 12.8. The molecule has 1 aromatic rings. The van der Waals surface area contributed by atoms with Gasteiger partial charge in [0.2, 0.25) is 0 Å². The average Bonchev–Trinajstić information content (AvgIpc) is 2.14. The third-order valence-electron chi connectivity index (χ3n) is 1.98. The van der Waals surface area contributed by atoms with Gasteiger partial charge < -0.3 is 5.11 Å². The molecule has 15 heavy (non-hydrogen) atoms. The molecule has 0 aliphatic rings. The van der Waals surface area contributed by atoms with Crippen LogP contribution < -0.4 is 0 Å². The van der Waals surface area contributed by atoms with Gasteiger partial charge in [0.1, 0.15) is 5.82 Å². The van der Waals surface area contributed by atoms with Gasteiger partial charge in [0.05, 0.1) is 11.6 Å². The molecule has 1 N–H and O–H groups in total. The number of halogens is 2. The van der Waals surface area contributed by atoms with Gasteiger partial charge in [0.15, 0.2) is 0 Å². The fourth-order valence-electron chi connectivity index (χ4n) is 1.04. The highest BCUT2D eigenvalue weighted by Gasteiger charge is 2.20. The Morgan fingerprint density at radius 2 is 2.07 bits per heavy atom. The van der Waals surface area contributed by atoms with Crippen molar-refractivity contribution in [3.63, 3.8) is 0 Å². The summed E-state index contributed by atoms with van der Waals surface area (Å²) < 4.78 is 12.9. The zero-order valence-corrected chi connectivity index (χ0v) is 10.5. The van der Waals surface area contributed by atoms with E-state index < -0.39 is 0 Å². The average molecular weight is 249 g/mol. The molecular weight excluding hydrogens is 235 g/mol. The first-order chi connectivity index (χ1) is 6.85. The number of aliphatic hydroxyl groups excluding tert-OH is 1. The van der Waals surface area contributed by atoms with E-state index in [0.717, 1.165) is 0 Å². The van der Waals surface area contributed by atoms with Crippen LogP contribution in [-0.4, -0.2) is 16.5 Å². The molecule has 1 nitrogen and oxygen atoms in total. The minimum Gasteiger partial charge on any atom is -0.395 e. The number of aryl methyl sites for hydroxylation is 1. The number of hydrogen-bond donors (Lipinski definition) is 1. The molecule has 0 fully saturated rings. The summed E-state index contributed by atoms with van der Waals surface area (Å²) in [5, 5.41) is 9.64. The fraction of sp³-hybridized carbons (Fsp3) is 0.455. The van der Waals surface area contributed by atoms with Crippen LogP contribution in [0, 0.1) is 12.7 Å². The van der Waals surface area contributed by atoms with Gasteiger partial charge in [-0.2, -0.15) is 0 Å². The zero-order chi connectivity index (χ0) is 11.6. The second-order valence-electron chi connectivity index (χ2n) is 4.05. The Kier molecular flexibility index (Phi) is 4.04. The van der Waals surface area contributed by atoms with Crippen molar-refractivity contribution < 1.29 is 9.50 Å². The highest BCUT2D eigenvalue weighted by Crippen LogP contribution is 2.37. The van der Waals surface area contributed by atoms with Gasteiger partial charge in [-0.25, -0.2) is 4.39 Å². The Hall–Kier alpha value is -0.250. The molecule has 84 valence electrons. The van der Waals surface area contributed by atoms with E-state index in [4.69, 9.17) is 16.7 Å². The van der Waals surface area contributed by atoms with Gasteiger partial charge in [0.25, 0.3) is 0 Å². The van der Waals surface area contributed by atoms with Crippen molar-refractivity contribution in [1.29, 1.82) is 0 Å². The third kappa shape index (κ3) is 3.37. The lowest BCUT2D eigenvalue weighted by atomic mass is 10.2. The van der Waals surface area contributed by atoms with E-state index in [1.165, 1.54) is 17.8 Å². The van der Waals surface area contributed by atoms with E-state index >= 15 is 0 Å². The van der Waals surface area contributed by atoms with Gasteiger partial charge in [-0.3, -0.25) is 0 Å². The van der Waals surface area contributed by atoms with Gasteiger partial charge in [-0.1, -0.05) is 11.6 Å². The first-order valence-electron chi connectivity index (χ1n) is 4.61. The molecule has 0 amide bonds. The lowest BCUT2D eigenvalue weighted by Gasteiger charge is -2.21. The third-order valence-corrected chi connectivity index (χ3v) is 3.64. The molecular formula is C11H14ClFOS. The molecule has 0 atom stereocenters. The summed E-state index contributed by atoms with van der Waals surface area (Å²) in [6, 6.07) is 3.02. The van der Waals surface area contributed by atoms with Gasteiger partial charge in [0, 0.05) is 9.64 Å². The van der Waals surface area contributed by atoms with Crippen molar-refractivity contribution in [2.75, 3.05) is 6.61 Å². The predicted molar refractivity (Wildman–Crippen MR) is 63.2 cm³/mol. The van der Waals surface area contributed by atoms with Crippen molar-refractivity contribution in [2.45, 2.75) is 30.4 Å². The van der Waals surface area contributed by atoms with Crippen LogP contribution in [0.15, 0.2) is 17.0 Å². The van der Waals surface area contributed by atoms with Crippen LogP contribution in [0.1, 0.15) is 19.4 Å². The van der Waals surface area contributed by atoms with Crippen LogP contribution in [0.4, 0.5) is 4.39 Å². The van der Waals surface area contributed by atoms with Crippen molar-refractivity contribution in [3.8, 4) is 0 Å². The molecule has 0 saturated heterocycles. The van der Waals surface area contributed by atoms with Crippen LogP contribution in [0.5, 0.6) is 0 Å². The summed E-state index contributed by atoms with van der Waals surface area (Å²) in [7, 11) is 0. The number of hydrogen-bond acceptors (Lipinski definition) is 2. The fourth-order valence-corrected chi connectivity index (χ4v) is 2.35. The Labute approximate surface area is 98.6 Å². The van der Waals surface area contributed by atoms with Crippen LogP contribution in [-0.2, 0) is 0 Å². The topological polar surface area (TPSA) is 20.2 Å². The lowest BCUT2D eigenvalue weighted by Crippen LogP contribution is -2.19. The molecule has 0 heterocycles. The summed E-state index contributed by atoms with van der Waals surface area (Å²) in [5.41, 5.74) is 0.533. The molecule has 0 aliphatic carbocycles. The minimum absolute atomic E-state index is 0.0174. The summed E-state index contributed by atoms with van der Waals surface area (Å²) in [5.74, 6) is -0.268. The molecule has 0 spiro atoms. The number of benzene rings is 1. The minimum atomic E-state index is -0.356. The summed E-state index contributed by atoms with van der Waals surface area (Å²) in [6.07, 6.45) is 0. The molecule has 0 aromatic heterocycles. The van der Waals surface area contributed by atoms with Crippen LogP contribution in [0.3, 0.4) is 0 Å². The van der Waals surface area contributed by atoms with Crippen molar-refractivity contribution in [2.24, 2.45) is 0 Å². The SMILES string of the molecule is Cc1cc(Cl)c(SC(C)(C)CO)cc1F. The summed E-state index contributed by atoms with van der Waals surface area (Å²) >= 11 is 7.37. The Balaban J connectivity index is 3.01. The van der Waals surface area contributed by atoms with Crippen LogP contribution in [0.2, 0.25) is 5.02 Å². The number of rotatable bonds is 3. The smallest absolute Gasteiger partial charge is 0.127 e. The second kappa shape index (κ2) is 4.73. The molecule has 0 radical (unpaired) electrons. The maximum Gasteiger partial charge on any atom is 0.127 e. The molecule has 0 aliphatic heterocycles. The maximum atomic E-state index is 13.3. The van der Waals surface area contributed by atoms with Gasteiger partial charge >= 0.3 is 0 Å². The lowest BCUT2D eigenvalue weighted by molar-refractivity contribution is 0.265. The van der Waals surface area contributed by atoms with Gasteiger partial charge in [-0.15, -0.1) is 11.8 Å². The molecule has 0 saturated carbocycles. The highest BCUT2D eigenvalue weighted by atomic mass is 35.5. The zero-order valence-electron chi connectivity index (χ0n) is 8.97. The monoisotopic (exact) mass is 248 g/mol. The van der Waals surface area contributed by atoms with Crippen LogP contribution >= 0.6 is 23.4 Å². The van der Waals surface area contributed by atoms with Crippen molar-refractivity contribution in [3.05, 3.63) is 28.5 Å². The number of aliphatic hydroxyl groups is 1. The van der Waals surface area contributed by atoms with Crippen molar-refractivity contribution in [1.82, 2.24) is 0 Å². The maximum absolute atomic E-state index is 13.3. The highest BCUT2D eigenvalue weighted by molar-refractivity contribution is 8.00. The van der Waals surface area contributed by atoms with Crippen molar-refractivity contribution >= 4 is 23.4 Å². The number of thioether (sulfide) groups is 1. The van der Waals surface area contributed by atoms with E-state index in [1.807, 2.05) is 13.8 Å². The predicted octanol–water partition coefficient (Wildman–Crippen LogP) is 3.65. The first-order valence-corrected chi connectivity index (χ1v) is 5.81. The van der Waals surface area contributed by atoms with E-state index in [0.29, 0.717) is 15.5 Å². The standard InChI is InChI=1S/C11H14ClFOS/c1-7-4-8(12)10(5-9(7)13)15-11(2,3)6-14/h4-5,14H,6H2,1-3H3. The molecule has 0 bridgehead atoms. The largest absolute Gasteiger partial charge is 0.395 e. The molecule has 1 aromatic carbocycles. The Bertz CT molecular complexity index is 366. The summed E-state index contributed by atoms with van der Waals surface area (Å²) in [4.78, 5) is 0.666. The Morgan fingerprint density at radius 1 is 1.47 bits per heavy atom. The van der Waals surface area contributed by atoms with Crippen LogP contribution in [0.25, 0.3) is 0 Å².